The molecule has 0 aliphatic heterocycles. The number of anilines is 1. The average Bonchev–Trinajstić information content (AvgIpc) is 3.12. The molecule has 4 aliphatic rings. The van der Waals surface area contributed by atoms with Crippen LogP contribution in [0, 0.1) is 35.0 Å². The van der Waals surface area contributed by atoms with Crippen LogP contribution >= 0.6 is 0 Å². The fraction of sp³-hybridized carbons (Fsp3) is 0.556. The Hall–Kier alpha value is -2.44. The Morgan fingerprint density at radius 2 is 1.94 bits per heavy atom. The Morgan fingerprint density at radius 1 is 1.21 bits per heavy atom. The predicted molar refractivity (Wildman–Crippen MR) is 124 cm³/mol. The van der Waals surface area contributed by atoms with Crippen molar-refractivity contribution in [1.82, 2.24) is 0 Å². The van der Waals surface area contributed by atoms with Crippen LogP contribution in [0.1, 0.15) is 39.5 Å². The molecule has 0 spiro atoms. The van der Waals surface area contributed by atoms with E-state index in [4.69, 9.17) is 10.5 Å². The highest BCUT2D eigenvalue weighted by atomic mass is 16.5. The number of nitrogen functional groups attached to an aromatic ring is 1. The molecule has 176 valence electrons. The highest BCUT2D eigenvalue weighted by Gasteiger charge is 2.63. The van der Waals surface area contributed by atoms with Crippen LogP contribution in [0.5, 0.6) is 5.75 Å². The summed E-state index contributed by atoms with van der Waals surface area (Å²) in [5, 5.41) is 22.9. The summed E-state index contributed by atoms with van der Waals surface area (Å²) in [6, 6.07) is 6.82. The van der Waals surface area contributed by atoms with Gasteiger partial charge < -0.3 is 20.7 Å². The number of hydrogen-bond acceptors (Lipinski definition) is 6. The van der Waals surface area contributed by atoms with Crippen LogP contribution in [-0.2, 0) is 9.59 Å². The lowest BCUT2D eigenvalue weighted by Gasteiger charge is -2.57. The topological polar surface area (TPSA) is 110 Å². The summed E-state index contributed by atoms with van der Waals surface area (Å²) in [5.74, 6) is 0.486. The molecule has 0 radical (unpaired) electrons. The molecule has 3 saturated carbocycles. The van der Waals surface area contributed by atoms with E-state index in [1.165, 1.54) is 0 Å². The van der Waals surface area contributed by atoms with Crippen LogP contribution in [0.2, 0.25) is 0 Å². The maximum Gasteiger partial charge on any atom is 0.201 e. The fourth-order valence-electron chi connectivity index (χ4n) is 7.54. The summed E-state index contributed by atoms with van der Waals surface area (Å²) in [7, 11) is 0. The predicted octanol–water partition coefficient (Wildman–Crippen LogP) is 3.08. The minimum Gasteiger partial charge on any atom is -0.486 e. The van der Waals surface area contributed by atoms with Crippen molar-refractivity contribution in [3.05, 3.63) is 48.1 Å². The molecule has 33 heavy (non-hydrogen) atoms. The molecule has 1 aromatic rings. The molecule has 0 unspecified atom stereocenters. The van der Waals surface area contributed by atoms with E-state index in [0.717, 1.165) is 18.4 Å². The van der Waals surface area contributed by atoms with Crippen molar-refractivity contribution in [1.29, 1.82) is 0 Å². The number of rotatable bonds is 4. The number of allylic oxidation sites excluding steroid dienone is 4. The standard InChI is InChI=1S/C27H33NO5/c1-15-11-20-19-8-10-27(32,24(31)14-33-18-5-3-16(28)4-6-18)22(19)13-23(30)25(20)26(2)9-7-17(29)12-21(15)26/h3-7,9,12,15,19-20,22-23,25,30,32H,8,10-11,13-14,28H2,1-2H3/t15-,19-,20-,22-,23-,25+,26-,27+/m0/s1. The molecule has 0 amide bonds. The van der Waals surface area contributed by atoms with Crippen molar-refractivity contribution < 1.29 is 24.5 Å². The number of aliphatic hydroxyl groups is 2. The summed E-state index contributed by atoms with van der Waals surface area (Å²) in [5.41, 5.74) is 5.56. The van der Waals surface area contributed by atoms with E-state index in [2.05, 4.69) is 13.8 Å². The van der Waals surface area contributed by atoms with Gasteiger partial charge in [-0.25, -0.2) is 0 Å². The highest BCUT2D eigenvalue weighted by molar-refractivity contribution is 6.01. The molecule has 6 heteroatoms. The Kier molecular flexibility index (Phi) is 5.29. The van der Waals surface area contributed by atoms with Crippen molar-refractivity contribution in [3.8, 4) is 5.75 Å². The molecular formula is C27H33NO5. The average molecular weight is 452 g/mol. The van der Waals surface area contributed by atoms with Gasteiger partial charge in [0, 0.05) is 22.9 Å². The van der Waals surface area contributed by atoms with Crippen LogP contribution in [0.4, 0.5) is 5.69 Å². The maximum atomic E-state index is 13.2. The van der Waals surface area contributed by atoms with Crippen molar-refractivity contribution in [2.75, 3.05) is 12.3 Å². The number of ketones is 2. The maximum absolute atomic E-state index is 13.2. The smallest absolute Gasteiger partial charge is 0.201 e. The number of carbonyl (C=O) groups excluding carboxylic acids is 2. The third-order valence-electron chi connectivity index (χ3n) is 9.01. The van der Waals surface area contributed by atoms with E-state index in [0.29, 0.717) is 24.3 Å². The minimum absolute atomic E-state index is 0.0119. The second-order valence-corrected chi connectivity index (χ2v) is 10.8. The van der Waals surface area contributed by atoms with Crippen LogP contribution in [0.15, 0.2) is 48.1 Å². The van der Waals surface area contributed by atoms with Crippen LogP contribution in [0.25, 0.3) is 0 Å². The first kappa shape index (κ1) is 22.4. The van der Waals surface area contributed by atoms with Gasteiger partial charge in [-0.2, -0.15) is 0 Å². The van der Waals surface area contributed by atoms with Gasteiger partial charge >= 0.3 is 0 Å². The zero-order valence-corrected chi connectivity index (χ0v) is 19.2. The molecule has 3 fully saturated rings. The van der Waals surface area contributed by atoms with E-state index >= 15 is 0 Å². The molecular weight excluding hydrogens is 418 g/mol. The second-order valence-electron chi connectivity index (χ2n) is 10.8. The number of Topliss-reactive ketones (excluding diaryl/α,β-unsaturated/α-hetero) is 1. The molecule has 5 rings (SSSR count). The summed E-state index contributed by atoms with van der Waals surface area (Å²) in [4.78, 5) is 25.2. The molecule has 4 aliphatic carbocycles. The first-order valence-corrected chi connectivity index (χ1v) is 12.0. The fourth-order valence-corrected chi connectivity index (χ4v) is 7.54. The molecule has 0 saturated heterocycles. The Balaban J connectivity index is 1.37. The zero-order chi connectivity index (χ0) is 23.5. The lowest BCUT2D eigenvalue weighted by molar-refractivity contribution is -0.155. The van der Waals surface area contributed by atoms with E-state index in [9.17, 15) is 19.8 Å². The number of nitrogens with two attached hydrogens (primary N) is 1. The molecule has 0 bridgehead atoms. The van der Waals surface area contributed by atoms with Gasteiger partial charge in [-0.1, -0.05) is 25.5 Å². The molecule has 8 atom stereocenters. The van der Waals surface area contributed by atoms with Crippen LogP contribution in [-0.4, -0.2) is 40.1 Å². The number of benzene rings is 1. The van der Waals surface area contributed by atoms with Crippen LogP contribution < -0.4 is 10.5 Å². The van der Waals surface area contributed by atoms with E-state index in [1.807, 2.05) is 6.08 Å². The van der Waals surface area contributed by atoms with Gasteiger partial charge in [0.05, 0.1) is 6.10 Å². The normalized spacial score (nSPS) is 41.6. The summed E-state index contributed by atoms with van der Waals surface area (Å²) >= 11 is 0. The SMILES string of the molecule is C[C@H]1C[C@H]2[C@@H]3CC[C@](O)(C(=O)COc4ccc(N)cc4)[C@H]3C[C@H](O)[C@@H]2[C@@]2(C)C=CC(=O)C=C12. The number of fused-ring (bicyclic) bond motifs is 5. The number of ether oxygens (including phenoxy) is 1. The van der Waals surface area contributed by atoms with Gasteiger partial charge in [0.25, 0.3) is 0 Å². The first-order chi connectivity index (χ1) is 15.6. The largest absolute Gasteiger partial charge is 0.486 e. The molecule has 0 aromatic heterocycles. The van der Waals surface area contributed by atoms with E-state index < -0.39 is 11.7 Å². The highest BCUT2D eigenvalue weighted by Crippen LogP contribution is 2.63. The summed E-state index contributed by atoms with van der Waals surface area (Å²) in [6.07, 6.45) is 7.10. The third kappa shape index (κ3) is 3.46. The third-order valence-corrected chi connectivity index (χ3v) is 9.01. The minimum atomic E-state index is -1.48. The Morgan fingerprint density at radius 3 is 2.67 bits per heavy atom. The van der Waals surface area contributed by atoms with Gasteiger partial charge in [0.15, 0.2) is 5.78 Å². The molecule has 0 heterocycles. The number of hydrogen-bond donors (Lipinski definition) is 3. The molecule has 6 nitrogen and oxygen atoms in total. The van der Waals surface area contributed by atoms with Gasteiger partial charge in [-0.05, 0) is 79.9 Å². The number of carbonyl (C=O) groups is 2. The van der Waals surface area contributed by atoms with Crippen molar-refractivity contribution >= 4 is 17.3 Å². The van der Waals surface area contributed by atoms with Gasteiger partial charge in [0.2, 0.25) is 5.78 Å². The zero-order valence-electron chi connectivity index (χ0n) is 19.2. The molecule has 1 aromatic carbocycles. The van der Waals surface area contributed by atoms with Gasteiger partial charge in [-0.3, -0.25) is 9.59 Å². The summed E-state index contributed by atoms with van der Waals surface area (Å²) < 4.78 is 5.65. The lowest BCUT2D eigenvalue weighted by atomic mass is 9.48. The van der Waals surface area contributed by atoms with Crippen LogP contribution in [0.3, 0.4) is 0 Å². The van der Waals surface area contributed by atoms with Gasteiger partial charge in [0.1, 0.15) is 18.0 Å². The quantitative estimate of drug-likeness (QED) is 0.607. The van der Waals surface area contributed by atoms with Gasteiger partial charge in [-0.15, -0.1) is 0 Å². The Labute approximate surface area is 194 Å². The van der Waals surface area contributed by atoms with E-state index in [-0.39, 0.29) is 53.2 Å². The monoisotopic (exact) mass is 451 g/mol. The van der Waals surface area contributed by atoms with Crippen molar-refractivity contribution in [2.24, 2.45) is 35.0 Å². The van der Waals surface area contributed by atoms with E-state index in [1.54, 1.807) is 36.4 Å². The number of aliphatic hydroxyl groups excluding tert-OH is 1. The second kappa shape index (κ2) is 7.81. The Bertz CT molecular complexity index is 1030. The molecule has 4 N–H and O–H groups in total. The van der Waals surface area contributed by atoms with Crippen molar-refractivity contribution in [2.45, 2.75) is 51.2 Å². The lowest BCUT2D eigenvalue weighted by Crippen LogP contribution is -2.57. The summed E-state index contributed by atoms with van der Waals surface area (Å²) in [6.45, 7) is 4.07. The van der Waals surface area contributed by atoms with Crippen molar-refractivity contribution in [3.63, 3.8) is 0 Å². The first-order valence-electron chi connectivity index (χ1n) is 12.0.